The van der Waals surface area contributed by atoms with E-state index in [1.165, 1.54) is 0 Å². The lowest BCUT2D eigenvalue weighted by Crippen LogP contribution is -2.13. The van der Waals surface area contributed by atoms with Crippen molar-refractivity contribution < 1.29 is 4.79 Å². The van der Waals surface area contributed by atoms with Crippen LogP contribution in [0.15, 0.2) is 6.07 Å². The number of hydrogen-bond acceptors (Lipinski definition) is 3. The zero-order chi connectivity index (χ0) is 14.2. The maximum absolute atomic E-state index is 12.3. The molecule has 0 aliphatic carbocycles. The van der Waals surface area contributed by atoms with E-state index in [9.17, 15) is 4.79 Å². The van der Waals surface area contributed by atoms with E-state index in [1.807, 2.05) is 20.8 Å². The molecule has 0 aromatic carbocycles. The number of ketones is 1. The Bertz CT molecular complexity index is 627. The van der Waals surface area contributed by atoms with E-state index in [4.69, 9.17) is 11.6 Å². The molecule has 0 bridgehead atoms. The van der Waals surface area contributed by atoms with Gasteiger partial charge in [-0.1, -0.05) is 11.6 Å². The summed E-state index contributed by atoms with van der Waals surface area (Å²) in [5, 5.41) is 9.08. The average molecular weight is 281 g/mol. The minimum atomic E-state index is -0.000370. The molecule has 0 saturated heterocycles. The maximum atomic E-state index is 12.3. The number of carbonyl (C=O) groups is 1. The Labute approximate surface area is 117 Å². The normalized spacial score (nSPS) is 11.0. The summed E-state index contributed by atoms with van der Waals surface area (Å²) < 4.78 is 3.38. The number of aryl methyl sites for hydroxylation is 4. The smallest absolute Gasteiger partial charge is 0.186 e. The van der Waals surface area contributed by atoms with Crippen LogP contribution in [0.5, 0.6) is 0 Å². The summed E-state index contributed by atoms with van der Waals surface area (Å²) in [5.41, 5.74) is 2.95. The van der Waals surface area contributed by atoms with Crippen LogP contribution in [-0.2, 0) is 20.0 Å². The molecule has 2 heterocycles. The first-order chi connectivity index (χ1) is 8.93. The third-order valence-electron chi connectivity index (χ3n) is 3.07. The molecule has 2 rings (SSSR count). The number of hydrogen-bond donors (Lipinski definition) is 0. The van der Waals surface area contributed by atoms with Crippen molar-refractivity contribution in [1.82, 2.24) is 19.6 Å². The van der Waals surface area contributed by atoms with Crippen molar-refractivity contribution in [2.75, 3.05) is 0 Å². The molecule has 0 atom stereocenters. The number of halogens is 1. The summed E-state index contributed by atoms with van der Waals surface area (Å²) in [7, 11) is 1.77. The van der Waals surface area contributed by atoms with Crippen LogP contribution in [0.4, 0.5) is 0 Å². The van der Waals surface area contributed by atoms with Crippen LogP contribution in [0.3, 0.4) is 0 Å². The molecule has 0 radical (unpaired) electrons. The van der Waals surface area contributed by atoms with Crippen molar-refractivity contribution in [3.05, 3.63) is 33.9 Å². The molecule has 0 N–H and O–H groups in total. The maximum Gasteiger partial charge on any atom is 0.186 e. The molecule has 0 amide bonds. The largest absolute Gasteiger partial charge is 0.292 e. The van der Waals surface area contributed by atoms with Crippen LogP contribution < -0.4 is 0 Å². The monoisotopic (exact) mass is 280 g/mol. The summed E-state index contributed by atoms with van der Waals surface area (Å²) in [6, 6.07) is 1.79. The van der Waals surface area contributed by atoms with E-state index in [-0.39, 0.29) is 12.2 Å². The summed E-state index contributed by atoms with van der Waals surface area (Å²) >= 11 is 6.21. The fraction of sp³-hybridized carbons (Fsp3) is 0.462. The fourth-order valence-electron chi connectivity index (χ4n) is 2.15. The highest BCUT2D eigenvalue weighted by molar-refractivity contribution is 6.32. The van der Waals surface area contributed by atoms with Gasteiger partial charge in [0.2, 0.25) is 0 Å². The lowest BCUT2D eigenvalue weighted by atomic mass is 10.1. The molecule has 2 aromatic heterocycles. The molecule has 0 aliphatic heterocycles. The zero-order valence-corrected chi connectivity index (χ0v) is 12.3. The Hall–Kier alpha value is -1.62. The summed E-state index contributed by atoms with van der Waals surface area (Å²) in [4.78, 5) is 12.3. The van der Waals surface area contributed by atoms with Crippen molar-refractivity contribution in [3.63, 3.8) is 0 Å². The van der Waals surface area contributed by atoms with Gasteiger partial charge in [-0.25, -0.2) is 0 Å². The van der Waals surface area contributed by atoms with Crippen molar-refractivity contribution in [2.45, 2.75) is 33.7 Å². The standard InChI is InChI=1S/C13H17ClN4O/c1-5-18-11(13(14)9(3)16-18)7-12(19)10-6-8(2)15-17(10)4/h6H,5,7H2,1-4H3. The quantitative estimate of drug-likeness (QED) is 0.808. The number of Topliss-reactive ketones (excluding diaryl/α,β-unsaturated/α-hetero) is 1. The highest BCUT2D eigenvalue weighted by Crippen LogP contribution is 2.22. The second-order valence-corrected chi connectivity index (χ2v) is 4.93. The van der Waals surface area contributed by atoms with Crippen LogP contribution in [-0.4, -0.2) is 25.3 Å². The molecule has 19 heavy (non-hydrogen) atoms. The van der Waals surface area contributed by atoms with Gasteiger partial charge in [0.15, 0.2) is 5.78 Å². The van der Waals surface area contributed by atoms with Gasteiger partial charge in [0.25, 0.3) is 0 Å². The van der Waals surface area contributed by atoms with E-state index in [2.05, 4.69) is 10.2 Å². The molecular formula is C13H17ClN4O. The first-order valence-electron chi connectivity index (χ1n) is 6.19. The van der Waals surface area contributed by atoms with Gasteiger partial charge < -0.3 is 0 Å². The molecule has 0 unspecified atom stereocenters. The van der Waals surface area contributed by atoms with Crippen molar-refractivity contribution in [3.8, 4) is 0 Å². The Morgan fingerprint density at radius 2 is 2.05 bits per heavy atom. The molecule has 0 saturated carbocycles. The van der Waals surface area contributed by atoms with E-state index in [0.29, 0.717) is 17.3 Å². The topological polar surface area (TPSA) is 52.7 Å². The summed E-state index contributed by atoms with van der Waals surface area (Å²) in [6.45, 7) is 6.38. The van der Waals surface area contributed by atoms with Crippen molar-refractivity contribution >= 4 is 17.4 Å². The second-order valence-electron chi connectivity index (χ2n) is 4.56. The van der Waals surface area contributed by atoms with Crippen molar-refractivity contribution in [2.24, 2.45) is 7.05 Å². The summed E-state index contributed by atoms with van der Waals surface area (Å²) in [5.74, 6) is -0.000370. The summed E-state index contributed by atoms with van der Waals surface area (Å²) in [6.07, 6.45) is 0.243. The first-order valence-corrected chi connectivity index (χ1v) is 6.57. The van der Waals surface area contributed by atoms with Crippen molar-refractivity contribution in [1.29, 1.82) is 0 Å². The zero-order valence-electron chi connectivity index (χ0n) is 11.6. The lowest BCUT2D eigenvalue weighted by Gasteiger charge is -2.05. The highest BCUT2D eigenvalue weighted by atomic mass is 35.5. The third kappa shape index (κ3) is 2.56. The molecule has 102 valence electrons. The number of aromatic nitrogens is 4. The van der Waals surface area contributed by atoms with Crippen LogP contribution in [0.1, 0.15) is 34.5 Å². The Morgan fingerprint density at radius 1 is 1.37 bits per heavy atom. The van der Waals surface area contributed by atoms with E-state index in [1.54, 1.807) is 22.5 Å². The molecule has 0 aliphatic rings. The first kappa shape index (κ1) is 13.8. The minimum Gasteiger partial charge on any atom is -0.292 e. The van der Waals surface area contributed by atoms with Crippen LogP contribution >= 0.6 is 11.6 Å². The highest BCUT2D eigenvalue weighted by Gasteiger charge is 2.19. The SMILES string of the molecule is CCn1nc(C)c(Cl)c1CC(=O)c1cc(C)nn1C. The molecule has 6 heteroatoms. The van der Waals surface area contributed by atoms with Crippen LogP contribution in [0.25, 0.3) is 0 Å². The molecule has 0 fully saturated rings. The predicted molar refractivity (Wildman–Crippen MR) is 73.6 cm³/mol. The van der Waals surface area contributed by atoms with Gasteiger partial charge in [-0.3, -0.25) is 14.2 Å². The predicted octanol–water partition coefficient (Wildman–Crippen LogP) is 2.33. The van der Waals surface area contributed by atoms with Gasteiger partial charge in [0.05, 0.1) is 28.5 Å². The fourth-order valence-corrected chi connectivity index (χ4v) is 2.35. The van der Waals surface area contributed by atoms with E-state index in [0.717, 1.165) is 17.1 Å². The van der Waals surface area contributed by atoms with Gasteiger partial charge in [0, 0.05) is 13.6 Å². The van der Waals surface area contributed by atoms with E-state index < -0.39 is 0 Å². The minimum absolute atomic E-state index is 0.000370. The third-order valence-corrected chi connectivity index (χ3v) is 3.56. The van der Waals surface area contributed by atoms with Gasteiger partial charge in [0.1, 0.15) is 5.69 Å². The molecule has 0 spiro atoms. The van der Waals surface area contributed by atoms with E-state index >= 15 is 0 Å². The van der Waals surface area contributed by atoms with Gasteiger partial charge in [-0.2, -0.15) is 10.2 Å². The lowest BCUT2D eigenvalue weighted by molar-refractivity contribution is 0.0981. The van der Waals surface area contributed by atoms with Gasteiger partial charge in [-0.05, 0) is 26.8 Å². The number of rotatable bonds is 4. The molecule has 2 aromatic rings. The Morgan fingerprint density at radius 3 is 2.58 bits per heavy atom. The molecular weight excluding hydrogens is 264 g/mol. The van der Waals surface area contributed by atoms with Gasteiger partial charge in [-0.15, -0.1) is 0 Å². The number of carbonyl (C=O) groups excluding carboxylic acids is 1. The Balaban J connectivity index is 2.31. The number of nitrogens with zero attached hydrogens (tertiary/aromatic N) is 4. The Kier molecular flexibility index (Phi) is 3.75. The van der Waals surface area contributed by atoms with Crippen LogP contribution in [0.2, 0.25) is 5.02 Å². The van der Waals surface area contributed by atoms with Gasteiger partial charge >= 0.3 is 0 Å². The molecule has 5 nitrogen and oxygen atoms in total. The second kappa shape index (κ2) is 5.17. The average Bonchev–Trinajstić information content (AvgIpc) is 2.83. The van der Waals surface area contributed by atoms with Crippen LogP contribution in [0, 0.1) is 13.8 Å².